The second kappa shape index (κ2) is 3.76. The molecular formula is C11H18O4. The van der Waals surface area contributed by atoms with Gasteiger partial charge < -0.3 is 14.2 Å². The molecule has 2 aliphatic rings. The van der Waals surface area contributed by atoms with Crippen LogP contribution in [-0.2, 0) is 19.0 Å². The highest BCUT2D eigenvalue weighted by Crippen LogP contribution is 2.40. The van der Waals surface area contributed by atoms with Crippen LogP contribution in [0.25, 0.3) is 0 Å². The maximum absolute atomic E-state index is 10.8. The molecule has 2 heterocycles. The van der Waals surface area contributed by atoms with E-state index >= 15 is 0 Å². The van der Waals surface area contributed by atoms with E-state index in [4.69, 9.17) is 14.2 Å². The molecule has 15 heavy (non-hydrogen) atoms. The van der Waals surface area contributed by atoms with Crippen LogP contribution in [0.5, 0.6) is 0 Å². The second-order valence-corrected chi connectivity index (χ2v) is 4.99. The van der Waals surface area contributed by atoms with Gasteiger partial charge in [0, 0.05) is 13.3 Å². The van der Waals surface area contributed by atoms with Crippen LogP contribution in [0.4, 0.5) is 0 Å². The first-order valence-electron chi connectivity index (χ1n) is 5.43. The van der Waals surface area contributed by atoms with E-state index in [-0.39, 0.29) is 24.0 Å². The van der Waals surface area contributed by atoms with Crippen molar-refractivity contribution in [3.8, 4) is 0 Å². The molecule has 3 unspecified atom stereocenters. The second-order valence-electron chi connectivity index (χ2n) is 4.99. The number of esters is 1. The van der Waals surface area contributed by atoms with Gasteiger partial charge in [0.1, 0.15) is 0 Å². The molecule has 0 saturated carbocycles. The zero-order chi connectivity index (χ0) is 11.1. The Hall–Kier alpha value is -0.610. The maximum atomic E-state index is 10.8. The molecule has 2 rings (SSSR count). The van der Waals surface area contributed by atoms with E-state index in [0.717, 1.165) is 12.8 Å². The van der Waals surface area contributed by atoms with Crippen LogP contribution in [0.1, 0.15) is 33.6 Å². The number of ether oxygens (including phenoxy) is 3. The molecule has 0 N–H and O–H groups in total. The van der Waals surface area contributed by atoms with Crippen LogP contribution in [0.15, 0.2) is 0 Å². The third-order valence-corrected chi connectivity index (χ3v) is 2.99. The summed E-state index contributed by atoms with van der Waals surface area (Å²) in [6, 6.07) is 0. The summed E-state index contributed by atoms with van der Waals surface area (Å²) in [7, 11) is 0. The Balaban J connectivity index is 1.92. The molecule has 3 atom stereocenters. The third-order valence-electron chi connectivity index (χ3n) is 2.99. The lowest BCUT2D eigenvalue weighted by molar-refractivity contribution is -0.205. The minimum absolute atomic E-state index is 0.0657. The van der Waals surface area contributed by atoms with Crippen molar-refractivity contribution in [3.63, 3.8) is 0 Å². The van der Waals surface area contributed by atoms with Crippen LogP contribution in [0.2, 0.25) is 0 Å². The van der Waals surface area contributed by atoms with Gasteiger partial charge in [-0.25, -0.2) is 0 Å². The number of fused-ring (bicyclic) bond motifs is 1. The lowest BCUT2D eigenvalue weighted by Crippen LogP contribution is -2.37. The largest absolute Gasteiger partial charge is 0.436 e. The first kappa shape index (κ1) is 10.9. The van der Waals surface area contributed by atoms with Crippen LogP contribution in [0, 0.1) is 5.92 Å². The van der Waals surface area contributed by atoms with E-state index in [1.165, 1.54) is 6.92 Å². The monoisotopic (exact) mass is 214 g/mol. The van der Waals surface area contributed by atoms with Crippen molar-refractivity contribution in [2.45, 2.75) is 51.6 Å². The van der Waals surface area contributed by atoms with Gasteiger partial charge in [0.15, 0.2) is 0 Å². The molecule has 4 heteroatoms. The highest BCUT2D eigenvalue weighted by Gasteiger charge is 2.44. The minimum atomic E-state index is -0.374. The SMILES string of the molecule is CC(=O)OC1CC2CC(C)(C)OC2CO1. The van der Waals surface area contributed by atoms with Gasteiger partial charge in [0.25, 0.3) is 0 Å². The van der Waals surface area contributed by atoms with Crippen molar-refractivity contribution in [3.05, 3.63) is 0 Å². The number of hydrogen-bond acceptors (Lipinski definition) is 4. The van der Waals surface area contributed by atoms with Crippen LogP contribution in [0.3, 0.4) is 0 Å². The summed E-state index contributed by atoms with van der Waals surface area (Å²) in [5.74, 6) is 0.176. The van der Waals surface area contributed by atoms with Gasteiger partial charge in [-0.3, -0.25) is 4.79 Å². The maximum Gasteiger partial charge on any atom is 0.304 e. The first-order chi connectivity index (χ1) is 6.96. The Labute approximate surface area is 89.9 Å². The highest BCUT2D eigenvalue weighted by atomic mass is 16.7. The molecule has 86 valence electrons. The average Bonchev–Trinajstić information content (AvgIpc) is 2.36. The Morgan fingerprint density at radius 1 is 1.47 bits per heavy atom. The summed E-state index contributed by atoms with van der Waals surface area (Å²) < 4.78 is 16.3. The van der Waals surface area contributed by atoms with E-state index in [0.29, 0.717) is 12.5 Å². The predicted octanol–water partition coefficient (Wildman–Crippen LogP) is 1.48. The molecule has 0 radical (unpaired) electrons. The Morgan fingerprint density at radius 3 is 2.87 bits per heavy atom. The van der Waals surface area contributed by atoms with Crippen LogP contribution < -0.4 is 0 Å². The van der Waals surface area contributed by atoms with Gasteiger partial charge in [-0.15, -0.1) is 0 Å². The standard InChI is InChI=1S/C11H18O4/c1-7(12)14-10-4-8-5-11(2,3)15-9(8)6-13-10/h8-10H,4-6H2,1-3H3. The fourth-order valence-corrected chi connectivity index (χ4v) is 2.51. The Kier molecular flexibility index (Phi) is 2.73. The van der Waals surface area contributed by atoms with Gasteiger partial charge in [-0.1, -0.05) is 0 Å². The summed E-state index contributed by atoms with van der Waals surface area (Å²) in [6.07, 6.45) is 1.57. The van der Waals surface area contributed by atoms with E-state index in [1.807, 2.05) is 0 Å². The third kappa shape index (κ3) is 2.49. The van der Waals surface area contributed by atoms with Gasteiger partial charge in [-0.05, 0) is 26.2 Å². The molecular weight excluding hydrogens is 196 g/mol. The molecule has 0 spiro atoms. The number of carbonyl (C=O) groups is 1. The van der Waals surface area contributed by atoms with E-state index in [9.17, 15) is 4.79 Å². The van der Waals surface area contributed by atoms with Crippen molar-refractivity contribution in [2.75, 3.05) is 6.61 Å². The topological polar surface area (TPSA) is 44.8 Å². The van der Waals surface area contributed by atoms with Crippen molar-refractivity contribution in [1.29, 1.82) is 0 Å². The summed E-state index contributed by atoms with van der Waals surface area (Å²) in [5, 5.41) is 0. The van der Waals surface area contributed by atoms with Crippen molar-refractivity contribution < 1.29 is 19.0 Å². The fourth-order valence-electron chi connectivity index (χ4n) is 2.51. The zero-order valence-electron chi connectivity index (χ0n) is 9.49. The Bertz CT molecular complexity index is 261. The average molecular weight is 214 g/mol. The number of carbonyl (C=O) groups excluding carboxylic acids is 1. The van der Waals surface area contributed by atoms with Crippen molar-refractivity contribution in [2.24, 2.45) is 5.92 Å². The molecule has 2 saturated heterocycles. The molecule has 0 aromatic rings. The van der Waals surface area contributed by atoms with E-state index in [2.05, 4.69) is 13.8 Å². The molecule has 0 amide bonds. The molecule has 0 aromatic carbocycles. The number of rotatable bonds is 1. The van der Waals surface area contributed by atoms with Gasteiger partial charge in [-0.2, -0.15) is 0 Å². The first-order valence-corrected chi connectivity index (χ1v) is 5.43. The summed E-state index contributed by atoms with van der Waals surface area (Å²) in [6.45, 7) is 6.12. The smallest absolute Gasteiger partial charge is 0.304 e. The van der Waals surface area contributed by atoms with E-state index < -0.39 is 0 Å². The van der Waals surface area contributed by atoms with Crippen molar-refractivity contribution >= 4 is 5.97 Å². The molecule has 2 fully saturated rings. The summed E-state index contributed by atoms with van der Waals surface area (Å²) in [5.41, 5.74) is -0.0657. The Morgan fingerprint density at radius 2 is 2.20 bits per heavy atom. The molecule has 0 aliphatic carbocycles. The van der Waals surface area contributed by atoms with Gasteiger partial charge in [0.2, 0.25) is 6.29 Å². The van der Waals surface area contributed by atoms with Gasteiger partial charge >= 0.3 is 5.97 Å². The number of hydrogen-bond donors (Lipinski definition) is 0. The van der Waals surface area contributed by atoms with E-state index in [1.54, 1.807) is 0 Å². The zero-order valence-corrected chi connectivity index (χ0v) is 9.49. The normalized spacial score (nSPS) is 38.5. The van der Waals surface area contributed by atoms with Crippen molar-refractivity contribution in [1.82, 2.24) is 0 Å². The van der Waals surface area contributed by atoms with Gasteiger partial charge in [0.05, 0.1) is 18.3 Å². The molecule has 0 bridgehead atoms. The molecule has 0 aromatic heterocycles. The lowest BCUT2D eigenvalue weighted by Gasteiger charge is -2.30. The summed E-state index contributed by atoms with van der Waals surface area (Å²) >= 11 is 0. The quantitative estimate of drug-likeness (QED) is 0.620. The van der Waals surface area contributed by atoms with Crippen LogP contribution >= 0.6 is 0 Å². The predicted molar refractivity (Wildman–Crippen MR) is 53.2 cm³/mol. The molecule has 4 nitrogen and oxygen atoms in total. The molecule has 2 aliphatic heterocycles. The van der Waals surface area contributed by atoms with Crippen LogP contribution in [-0.4, -0.2) is 30.6 Å². The minimum Gasteiger partial charge on any atom is -0.436 e. The highest BCUT2D eigenvalue weighted by molar-refractivity contribution is 5.66. The summed E-state index contributed by atoms with van der Waals surface area (Å²) in [4.78, 5) is 10.8. The fraction of sp³-hybridized carbons (Fsp3) is 0.909. The lowest BCUT2D eigenvalue weighted by atomic mass is 9.90.